The smallest absolute Gasteiger partial charge is 0.279 e. The number of halogens is 6. The van der Waals surface area contributed by atoms with Gasteiger partial charge in [-0.05, 0) is 55.0 Å². The van der Waals surface area contributed by atoms with Crippen LogP contribution in [0.3, 0.4) is 0 Å². The van der Waals surface area contributed by atoms with Crippen LogP contribution in [0.4, 0.5) is 22.0 Å². The van der Waals surface area contributed by atoms with E-state index < -0.39 is 39.9 Å². The highest BCUT2D eigenvalue weighted by molar-refractivity contribution is 6.31. The molecule has 0 radical (unpaired) electrons. The molecule has 0 spiro atoms. The minimum atomic E-state index is -3.74. The predicted octanol–water partition coefficient (Wildman–Crippen LogP) is 5.89. The quantitative estimate of drug-likeness (QED) is 0.491. The van der Waals surface area contributed by atoms with Gasteiger partial charge in [0.05, 0.1) is 16.3 Å². The van der Waals surface area contributed by atoms with Crippen LogP contribution in [0.1, 0.15) is 23.6 Å². The molecule has 9 heteroatoms. The molecular weight excluding hydrogens is 439 g/mol. The van der Waals surface area contributed by atoms with Crippen molar-refractivity contribution in [3.05, 3.63) is 88.1 Å². The summed E-state index contributed by atoms with van der Waals surface area (Å²) < 4.78 is 70.9. The second kappa shape index (κ2) is 8.25. The molecule has 160 valence electrons. The summed E-state index contributed by atoms with van der Waals surface area (Å²) in [6.07, 6.45) is -2.59. The normalized spacial score (nSPS) is 15.2. The molecule has 0 bridgehead atoms. The topological polar surface area (TPSA) is 56.9 Å². The first kappa shape index (κ1) is 22.7. The lowest BCUT2D eigenvalue weighted by atomic mass is 9.76. The Morgan fingerprint density at radius 1 is 1.10 bits per heavy atom. The fourth-order valence-electron chi connectivity index (χ4n) is 3.25. The summed E-state index contributed by atoms with van der Waals surface area (Å²) in [5.41, 5.74) is -7.57. The van der Waals surface area contributed by atoms with E-state index in [4.69, 9.17) is 16.9 Å². The first-order chi connectivity index (χ1) is 14.5. The molecule has 1 N–H and O–H groups in total. The van der Waals surface area contributed by atoms with Crippen LogP contribution < -0.4 is 0 Å². The summed E-state index contributed by atoms with van der Waals surface area (Å²) in [6.45, 7) is 0.837. The third kappa shape index (κ3) is 3.87. The Kier molecular flexibility index (Phi) is 6.03. The van der Waals surface area contributed by atoms with E-state index in [1.54, 1.807) is 6.07 Å². The summed E-state index contributed by atoms with van der Waals surface area (Å²) >= 11 is 5.82. The molecule has 2 atom stereocenters. The minimum Gasteiger partial charge on any atom is -0.381 e. The van der Waals surface area contributed by atoms with Gasteiger partial charge >= 0.3 is 0 Å². The lowest BCUT2D eigenvalue weighted by molar-refractivity contribution is -0.175. The first-order valence-corrected chi connectivity index (χ1v) is 9.21. The van der Waals surface area contributed by atoms with Gasteiger partial charge in [0.25, 0.3) is 6.43 Å². The van der Waals surface area contributed by atoms with Crippen LogP contribution in [0.15, 0.2) is 54.7 Å². The van der Waals surface area contributed by atoms with Crippen LogP contribution >= 0.6 is 11.6 Å². The van der Waals surface area contributed by atoms with Gasteiger partial charge in [0.2, 0.25) is 5.67 Å². The van der Waals surface area contributed by atoms with E-state index >= 15 is 4.39 Å². The Morgan fingerprint density at radius 2 is 1.81 bits per heavy atom. The average molecular weight is 453 g/mol. The second-order valence-electron chi connectivity index (χ2n) is 6.95. The monoisotopic (exact) mass is 452 g/mol. The largest absolute Gasteiger partial charge is 0.381 e. The standard InChI is InChI=1S/C22H14ClF5N2O/c1-21(31,22(28,20(26)27)16-4-3-15(24)10-17(16)23)14-6-7-30-19(9-14)12-2-5-18(25)13(8-12)11-29/h2-10,20,31H,1H3. The molecule has 1 aromatic heterocycles. The molecule has 2 unspecified atom stereocenters. The Morgan fingerprint density at radius 3 is 2.42 bits per heavy atom. The van der Waals surface area contributed by atoms with E-state index in [0.29, 0.717) is 6.07 Å². The molecule has 3 nitrogen and oxygen atoms in total. The number of pyridine rings is 1. The van der Waals surface area contributed by atoms with E-state index in [2.05, 4.69) is 4.98 Å². The summed E-state index contributed by atoms with van der Waals surface area (Å²) in [5, 5.41) is 19.4. The maximum absolute atomic E-state index is 15.9. The SMILES string of the molecule is CC(O)(c1ccnc(-c2ccc(F)c(C#N)c2)c1)C(F)(c1ccc(F)cc1Cl)C(F)F. The van der Waals surface area contributed by atoms with Crippen LogP contribution in [-0.4, -0.2) is 16.5 Å². The molecule has 0 saturated carbocycles. The molecule has 0 aliphatic carbocycles. The fourth-order valence-corrected chi connectivity index (χ4v) is 3.55. The van der Waals surface area contributed by atoms with Gasteiger partial charge in [0.15, 0.2) is 0 Å². The molecule has 2 aromatic carbocycles. The zero-order chi connectivity index (χ0) is 23.0. The lowest BCUT2D eigenvalue weighted by Crippen LogP contribution is -2.49. The van der Waals surface area contributed by atoms with Gasteiger partial charge in [-0.15, -0.1) is 0 Å². The predicted molar refractivity (Wildman–Crippen MR) is 104 cm³/mol. The maximum Gasteiger partial charge on any atom is 0.279 e. The molecule has 0 aliphatic heterocycles. The van der Waals surface area contributed by atoms with Crippen molar-refractivity contribution in [1.29, 1.82) is 5.26 Å². The highest BCUT2D eigenvalue weighted by Gasteiger charge is 2.58. The third-order valence-electron chi connectivity index (χ3n) is 5.04. The van der Waals surface area contributed by atoms with Crippen molar-refractivity contribution in [2.45, 2.75) is 24.6 Å². The third-order valence-corrected chi connectivity index (χ3v) is 5.35. The Hall–Kier alpha value is -3.02. The number of alkyl halides is 3. The second-order valence-corrected chi connectivity index (χ2v) is 7.35. The van der Waals surface area contributed by atoms with E-state index in [1.165, 1.54) is 12.1 Å². The summed E-state index contributed by atoms with van der Waals surface area (Å²) in [6, 6.07) is 9.62. The first-order valence-electron chi connectivity index (χ1n) is 8.84. The van der Waals surface area contributed by atoms with Crippen molar-refractivity contribution in [3.8, 4) is 17.3 Å². The van der Waals surface area contributed by atoms with Crippen LogP contribution in [0.25, 0.3) is 11.3 Å². The molecule has 0 aliphatic rings. The van der Waals surface area contributed by atoms with Gasteiger partial charge < -0.3 is 5.11 Å². The number of aliphatic hydroxyl groups is 1. The highest BCUT2D eigenvalue weighted by atomic mass is 35.5. The number of hydrogen-bond donors (Lipinski definition) is 1. The van der Waals surface area contributed by atoms with Gasteiger partial charge in [-0.3, -0.25) is 4.98 Å². The Labute approximate surface area is 179 Å². The van der Waals surface area contributed by atoms with Crippen molar-refractivity contribution < 1.29 is 27.1 Å². The molecular formula is C22H14ClF5N2O. The molecule has 0 amide bonds. The highest BCUT2D eigenvalue weighted by Crippen LogP contribution is 2.50. The van der Waals surface area contributed by atoms with Gasteiger partial charge in [0.1, 0.15) is 23.3 Å². The number of rotatable bonds is 5. The summed E-state index contributed by atoms with van der Waals surface area (Å²) in [5.74, 6) is -1.62. The molecule has 0 fully saturated rings. The van der Waals surface area contributed by atoms with Gasteiger partial charge in [-0.1, -0.05) is 17.7 Å². The van der Waals surface area contributed by atoms with Crippen molar-refractivity contribution in [3.63, 3.8) is 0 Å². The van der Waals surface area contributed by atoms with Crippen LogP contribution in [0, 0.1) is 23.0 Å². The maximum atomic E-state index is 15.9. The van der Waals surface area contributed by atoms with Gasteiger partial charge in [-0.25, -0.2) is 22.0 Å². The minimum absolute atomic E-state index is 0.0797. The zero-order valence-corrected chi connectivity index (χ0v) is 16.6. The Bertz CT molecular complexity index is 1180. The van der Waals surface area contributed by atoms with Gasteiger partial charge in [0, 0.05) is 17.3 Å². The van der Waals surface area contributed by atoms with E-state index in [-0.39, 0.29) is 22.4 Å². The van der Waals surface area contributed by atoms with Crippen LogP contribution in [-0.2, 0) is 11.3 Å². The van der Waals surface area contributed by atoms with Crippen molar-refractivity contribution >= 4 is 11.6 Å². The van der Waals surface area contributed by atoms with E-state index in [1.807, 2.05) is 0 Å². The van der Waals surface area contributed by atoms with Crippen LogP contribution in [0.2, 0.25) is 5.02 Å². The van der Waals surface area contributed by atoms with Crippen molar-refractivity contribution in [2.75, 3.05) is 0 Å². The number of benzene rings is 2. The van der Waals surface area contributed by atoms with E-state index in [0.717, 1.165) is 43.5 Å². The number of hydrogen-bond acceptors (Lipinski definition) is 3. The lowest BCUT2D eigenvalue weighted by Gasteiger charge is -2.39. The Balaban J connectivity index is 2.16. The molecule has 1 heterocycles. The molecule has 0 saturated heterocycles. The zero-order valence-electron chi connectivity index (χ0n) is 15.9. The number of nitrogens with zero attached hydrogens (tertiary/aromatic N) is 2. The molecule has 3 aromatic rings. The van der Waals surface area contributed by atoms with Gasteiger partial charge in [-0.2, -0.15) is 5.26 Å². The fraction of sp³-hybridized carbons (Fsp3) is 0.182. The molecule has 3 rings (SSSR count). The molecule has 31 heavy (non-hydrogen) atoms. The average Bonchev–Trinajstić information content (AvgIpc) is 2.73. The number of aromatic nitrogens is 1. The van der Waals surface area contributed by atoms with Crippen molar-refractivity contribution in [1.82, 2.24) is 4.98 Å². The number of nitriles is 1. The summed E-state index contributed by atoms with van der Waals surface area (Å²) in [4.78, 5) is 4.03. The summed E-state index contributed by atoms with van der Waals surface area (Å²) in [7, 11) is 0. The van der Waals surface area contributed by atoms with E-state index in [9.17, 15) is 22.7 Å². The van der Waals surface area contributed by atoms with Crippen molar-refractivity contribution in [2.24, 2.45) is 0 Å². The van der Waals surface area contributed by atoms with Crippen LogP contribution in [0.5, 0.6) is 0 Å².